The lowest BCUT2D eigenvalue weighted by molar-refractivity contribution is -0.138. The minimum Gasteiger partial charge on any atom is -0.481 e. The van der Waals surface area contributed by atoms with Gasteiger partial charge in [0.15, 0.2) is 0 Å². The Hall–Kier alpha value is -2.18. The van der Waals surface area contributed by atoms with Crippen LogP contribution in [0.3, 0.4) is 0 Å². The second-order valence-corrected chi connectivity index (χ2v) is 5.06. The van der Waals surface area contributed by atoms with Crippen molar-refractivity contribution in [3.05, 3.63) is 18.7 Å². The number of aliphatic carboxylic acids is 1. The van der Waals surface area contributed by atoms with Crippen LogP contribution >= 0.6 is 0 Å². The van der Waals surface area contributed by atoms with Gasteiger partial charge in [-0.3, -0.25) is 4.79 Å². The lowest BCUT2D eigenvalue weighted by Gasteiger charge is -2.17. The minimum absolute atomic E-state index is 0.0485. The number of amides is 2. The van der Waals surface area contributed by atoms with Gasteiger partial charge in [-0.1, -0.05) is 13.8 Å². The summed E-state index contributed by atoms with van der Waals surface area (Å²) in [5.74, 6) is -0.550. The topological polar surface area (TPSA) is 104 Å². The van der Waals surface area contributed by atoms with Crippen LogP contribution in [0.5, 0.6) is 0 Å². The van der Waals surface area contributed by atoms with Gasteiger partial charge in [-0.15, -0.1) is 0 Å². The molecule has 1 unspecified atom stereocenters. The van der Waals surface area contributed by atoms with Gasteiger partial charge in [0.25, 0.3) is 0 Å². The van der Waals surface area contributed by atoms with Gasteiger partial charge in [-0.05, 0) is 18.3 Å². The van der Waals surface area contributed by atoms with E-state index in [4.69, 9.17) is 5.11 Å². The molecule has 1 atom stereocenters. The first-order valence-electron chi connectivity index (χ1n) is 6.49. The summed E-state index contributed by atoms with van der Waals surface area (Å²) >= 11 is 0. The molecule has 0 aliphatic heterocycles. The van der Waals surface area contributed by atoms with Crippen molar-refractivity contribution < 1.29 is 14.7 Å². The van der Waals surface area contributed by atoms with Crippen LogP contribution in [-0.2, 0) is 4.79 Å². The van der Waals surface area contributed by atoms with E-state index >= 15 is 0 Å². The van der Waals surface area contributed by atoms with Crippen molar-refractivity contribution in [2.75, 3.05) is 11.9 Å². The van der Waals surface area contributed by atoms with Crippen molar-refractivity contribution in [1.29, 1.82) is 0 Å². The van der Waals surface area contributed by atoms with Gasteiger partial charge in [0.05, 0.1) is 18.1 Å². The van der Waals surface area contributed by atoms with Crippen LogP contribution in [0.4, 0.5) is 10.5 Å². The fourth-order valence-electron chi connectivity index (χ4n) is 1.93. The number of rotatable bonds is 7. The van der Waals surface area contributed by atoms with E-state index in [0.717, 1.165) is 6.42 Å². The Morgan fingerprint density at radius 1 is 1.30 bits per heavy atom. The maximum atomic E-state index is 11.7. The molecule has 0 saturated heterocycles. The molecule has 0 aromatic carbocycles. The number of hydrogen-bond donors (Lipinski definition) is 3. The summed E-state index contributed by atoms with van der Waals surface area (Å²) < 4.78 is 0. The molecule has 3 N–H and O–H groups in total. The van der Waals surface area contributed by atoms with E-state index in [2.05, 4.69) is 20.6 Å². The van der Waals surface area contributed by atoms with Crippen LogP contribution < -0.4 is 10.6 Å². The Morgan fingerprint density at radius 2 is 1.95 bits per heavy atom. The van der Waals surface area contributed by atoms with Crippen molar-refractivity contribution >= 4 is 17.7 Å². The van der Waals surface area contributed by atoms with Gasteiger partial charge >= 0.3 is 12.0 Å². The number of carbonyl (C=O) groups is 2. The average Bonchev–Trinajstić information content (AvgIpc) is 2.36. The lowest BCUT2D eigenvalue weighted by atomic mass is 9.94. The standard InChI is InChI=1S/C13H20N4O3/c1-9(2)3-10(4-12(18)19)5-16-13(20)17-11-6-14-8-15-7-11/h6-10H,3-5H2,1-2H3,(H,18,19)(H2,16,17,20). The second-order valence-electron chi connectivity index (χ2n) is 5.06. The Kier molecular flexibility index (Phi) is 6.42. The minimum atomic E-state index is -0.852. The van der Waals surface area contributed by atoms with Gasteiger partial charge in [0, 0.05) is 13.0 Å². The summed E-state index contributed by atoms with van der Waals surface area (Å²) in [5, 5.41) is 14.1. The second kappa shape index (κ2) is 8.08. The number of carboxylic acids is 1. The van der Waals surface area contributed by atoms with Crippen molar-refractivity contribution in [3.8, 4) is 0 Å². The smallest absolute Gasteiger partial charge is 0.319 e. The molecule has 0 aliphatic rings. The molecule has 1 aromatic heterocycles. The molecule has 0 bridgehead atoms. The number of nitrogens with zero attached hydrogens (tertiary/aromatic N) is 2. The number of nitrogens with one attached hydrogen (secondary N) is 2. The fraction of sp³-hybridized carbons (Fsp3) is 0.538. The van der Waals surface area contributed by atoms with Crippen LogP contribution in [0.2, 0.25) is 0 Å². The largest absolute Gasteiger partial charge is 0.481 e. The van der Waals surface area contributed by atoms with Gasteiger partial charge in [-0.25, -0.2) is 14.8 Å². The average molecular weight is 280 g/mol. The van der Waals surface area contributed by atoms with Crippen LogP contribution in [0, 0.1) is 11.8 Å². The zero-order valence-corrected chi connectivity index (χ0v) is 11.7. The number of carbonyl (C=O) groups excluding carboxylic acids is 1. The van der Waals surface area contributed by atoms with Crippen molar-refractivity contribution in [3.63, 3.8) is 0 Å². The first-order valence-corrected chi connectivity index (χ1v) is 6.49. The molecule has 0 aliphatic carbocycles. The highest BCUT2D eigenvalue weighted by Gasteiger charge is 2.16. The number of urea groups is 1. The maximum absolute atomic E-state index is 11.7. The summed E-state index contributed by atoms with van der Waals surface area (Å²) in [6.45, 7) is 4.37. The molecule has 1 aromatic rings. The summed E-state index contributed by atoms with van der Waals surface area (Å²) in [6, 6.07) is -0.390. The number of carboxylic acid groups (broad SMARTS) is 1. The fourth-order valence-corrected chi connectivity index (χ4v) is 1.93. The lowest BCUT2D eigenvalue weighted by Crippen LogP contribution is -2.34. The zero-order valence-electron chi connectivity index (χ0n) is 11.7. The first kappa shape index (κ1) is 15.9. The van der Waals surface area contributed by atoms with E-state index in [1.54, 1.807) is 0 Å². The van der Waals surface area contributed by atoms with Gasteiger partial charge in [0.1, 0.15) is 6.33 Å². The quantitative estimate of drug-likeness (QED) is 0.705. The molecule has 2 amide bonds. The molecule has 7 nitrogen and oxygen atoms in total. The highest BCUT2D eigenvalue weighted by atomic mass is 16.4. The zero-order chi connectivity index (χ0) is 15.0. The third kappa shape index (κ3) is 6.67. The third-order valence-electron chi connectivity index (χ3n) is 2.64. The summed E-state index contributed by atoms with van der Waals surface area (Å²) in [5.41, 5.74) is 0.489. The Morgan fingerprint density at radius 3 is 2.50 bits per heavy atom. The van der Waals surface area contributed by atoms with E-state index in [0.29, 0.717) is 18.2 Å². The van der Waals surface area contributed by atoms with E-state index in [9.17, 15) is 9.59 Å². The van der Waals surface area contributed by atoms with Crippen LogP contribution in [-0.4, -0.2) is 33.6 Å². The molecule has 0 radical (unpaired) electrons. The molecule has 20 heavy (non-hydrogen) atoms. The van der Waals surface area contributed by atoms with Crippen LogP contribution in [0.15, 0.2) is 18.7 Å². The summed E-state index contributed by atoms with van der Waals surface area (Å²) in [6.07, 6.45) is 5.13. The van der Waals surface area contributed by atoms with E-state index in [1.165, 1.54) is 18.7 Å². The molecule has 0 saturated carbocycles. The van der Waals surface area contributed by atoms with Crippen molar-refractivity contribution in [2.24, 2.45) is 11.8 Å². The van der Waals surface area contributed by atoms with E-state index in [1.807, 2.05) is 13.8 Å². The monoisotopic (exact) mass is 280 g/mol. The molecule has 7 heteroatoms. The highest BCUT2D eigenvalue weighted by Crippen LogP contribution is 2.14. The Balaban J connectivity index is 2.41. The van der Waals surface area contributed by atoms with Crippen molar-refractivity contribution in [2.45, 2.75) is 26.7 Å². The van der Waals surface area contributed by atoms with Crippen molar-refractivity contribution in [1.82, 2.24) is 15.3 Å². The molecular weight excluding hydrogens is 260 g/mol. The predicted octanol–water partition coefficient (Wildman–Crippen LogP) is 1.74. The normalized spacial score (nSPS) is 11.9. The number of aromatic nitrogens is 2. The van der Waals surface area contributed by atoms with Gasteiger partial charge < -0.3 is 15.7 Å². The van der Waals surface area contributed by atoms with Gasteiger partial charge in [0.2, 0.25) is 0 Å². The molecule has 1 heterocycles. The predicted molar refractivity (Wildman–Crippen MR) is 74.3 cm³/mol. The van der Waals surface area contributed by atoms with Crippen LogP contribution in [0.1, 0.15) is 26.7 Å². The molecule has 0 spiro atoms. The summed E-state index contributed by atoms with van der Waals surface area (Å²) in [7, 11) is 0. The maximum Gasteiger partial charge on any atom is 0.319 e. The molecule has 110 valence electrons. The van der Waals surface area contributed by atoms with E-state index < -0.39 is 5.97 Å². The van der Waals surface area contributed by atoms with Crippen LogP contribution in [0.25, 0.3) is 0 Å². The number of anilines is 1. The molecule has 0 fully saturated rings. The Bertz CT molecular complexity index is 437. The molecule has 1 rings (SSSR count). The highest BCUT2D eigenvalue weighted by molar-refractivity contribution is 5.88. The summed E-state index contributed by atoms with van der Waals surface area (Å²) in [4.78, 5) is 30.0. The third-order valence-corrected chi connectivity index (χ3v) is 2.64. The van der Waals surface area contributed by atoms with Gasteiger partial charge in [-0.2, -0.15) is 0 Å². The van der Waals surface area contributed by atoms with E-state index in [-0.39, 0.29) is 18.4 Å². The number of hydrogen-bond acceptors (Lipinski definition) is 4. The Labute approximate surface area is 117 Å². The molecular formula is C13H20N4O3. The first-order chi connectivity index (χ1) is 9.47. The SMILES string of the molecule is CC(C)CC(CNC(=O)Nc1cncnc1)CC(=O)O.